The molecule has 0 aromatic heterocycles. The topological polar surface area (TPSA) is 46.3 Å². The van der Waals surface area contributed by atoms with Crippen molar-refractivity contribution in [1.82, 2.24) is 4.90 Å². The molecular formula is C16H24N2O. The van der Waals surface area contributed by atoms with Gasteiger partial charge < -0.3 is 10.6 Å². The number of nitrogens with zero attached hydrogens (tertiary/aromatic N) is 1. The Morgan fingerprint density at radius 1 is 1.21 bits per heavy atom. The minimum absolute atomic E-state index is 0.243. The van der Waals surface area contributed by atoms with Gasteiger partial charge in [-0.25, -0.2) is 4.79 Å². The van der Waals surface area contributed by atoms with Crippen molar-refractivity contribution in [2.24, 2.45) is 5.73 Å². The van der Waals surface area contributed by atoms with Gasteiger partial charge in [0.2, 0.25) is 0 Å². The lowest BCUT2D eigenvalue weighted by Gasteiger charge is -2.34. The zero-order valence-electron chi connectivity index (χ0n) is 11.6. The molecule has 0 aliphatic carbocycles. The summed E-state index contributed by atoms with van der Waals surface area (Å²) in [6.07, 6.45) is 8.03. The Hall–Kier alpha value is -1.51. The highest BCUT2D eigenvalue weighted by atomic mass is 16.2. The summed E-state index contributed by atoms with van der Waals surface area (Å²) < 4.78 is 0. The van der Waals surface area contributed by atoms with Crippen LogP contribution in [-0.2, 0) is 6.42 Å². The minimum atomic E-state index is -0.243. The second-order valence-corrected chi connectivity index (χ2v) is 5.41. The van der Waals surface area contributed by atoms with Crippen molar-refractivity contribution >= 4 is 6.03 Å². The number of rotatable bonds is 5. The van der Waals surface area contributed by atoms with Crippen LogP contribution >= 0.6 is 0 Å². The molecule has 0 radical (unpaired) electrons. The maximum atomic E-state index is 11.4. The van der Waals surface area contributed by atoms with E-state index in [2.05, 4.69) is 30.3 Å². The first-order valence-corrected chi connectivity index (χ1v) is 7.37. The molecular weight excluding hydrogens is 236 g/mol. The van der Waals surface area contributed by atoms with Crippen LogP contribution in [0.4, 0.5) is 4.79 Å². The third-order valence-electron chi connectivity index (χ3n) is 4.01. The highest BCUT2D eigenvalue weighted by Crippen LogP contribution is 2.21. The normalized spacial score (nSPS) is 19.4. The van der Waals surface area contributed by atoms with Gasteiger partial charge in [0.05, 0.1) is 0 Å². The van der Waals surface area contributed by atoms with E-state index in [1.165, 1.54) is 24.8 Å². The molecule has 1 aliphatic rings. The van der Waals surface area contributed by atoms with Crippen LogP contribution in [-0.4, -0.2) is 23.5 Å². The number of benzene rings is 1. The summed E-state index contributed by atoms with van der Waals surface area (Å²) in [6.45, 7) is 0.846. The zero-order valence-corrected chi connectivity index (χ0v) is 11.6. The summed E-state index contributed by atoms with van der Waals surface area (Å²) in [5.41, 5.74) is 6.84. The summed E-state index contributed by atoms with van der Waals surface area (Å²) in [4.78, 5) is 13.2. The van der Waals surface area contributed by atoms with E-state index in [9.17, 15) is 4.79 Å². The van der Waals surface area contributed by atoms with Crippen molar-refractivity contribution in [3.8, 4) is 0 Å². The Labute approximate surface area is 115 Å². The second kappa shape index (κ2) is 7.17. The van der Waals surface area contributed by atoms with E-state index in [1.807, 2.05) is 4.90 Å². The number of primary amides is 1. The molecule has 2 N–H and O–H groups in total. The molecule has 1 aromatic carbocycles. The quantitative estimate of drug-likeness (QED) is 0.811. The summed E-state index contributed by atoms with van der Waals surface area (Å²) in [5, 5.41) is 0. The van der Waals surface area contributed by atoms with E-state index in [-0.39, 0.29) is 6.03 Å². The molecule has 2 amide bonds. The number of unbranched alkanes of at least 4 members (excludes halogenated alkanes) is 1. The van der Waals surface area contributed by atoms with E-state index in [1.54, 1.807) is 0 Å². The second-order valence-electron chi connectivity index (χ2n) is 5.41. The SMILES string of the molecule is NC(=O)N1CCCCC1CCCCc1ccccc1. The summed E-state index contributed by atoms with van der Waals surface area (Å²) in [5.74, 6) is 0. The van der Waals surface area contributed by atoms with Gasteiger partial charge in [0.1, 0.15) is 0 Å². The molecule has 19 heavy (non-hydrogen) atoms. The number of urea groups is 1. The average Bonchev–Trinajstić information content (AvgIpc) is 2.45. The number of carbonyl (C=O) groups excluding carboxylic acids is 1. The molecule has 0 spiro atoms. The van der Waals surface area contributed by atoms with Crippen LogP contribution < -0.4 is 5.73 Å². The van der Waals surface area contributed by atoms with Crippen molar-refractivity contribution < 1.29 is 4.79 Å². The van der Waals surface area contributed by atoms with E-state index in [4.69, 9.17) is 5.73 Å². The van der Waals surface area contributed by atoms with E-state index < -0.39 is 0 Å². The molecule has 1 atom stereocenters. The predicted octanol–water partition coefficient (Wildman–Crippen LogP) is 3.33. The van der Waals surface area contributed by atoms with Crippen molar-refractivity contribution in [2.45, 2.75) is 51.0 Å². The average molecular weight is 260 g/mol. The zero-order chi connectivity index (χ0) is 13.5. The summed E-state index contributed by atoms with van der Waals surface area (Å²) in [7, 11) is 0. The predicted molar refractivity (Wildman–Crippen MR) is 77.9 cm³/mol. The molecule has 1 saturated heterocycles. The molecule has 0 bridgehead atoms. The smallest absolute Gasteiger partial charge is 0.315 e. The number of carbonyl (C=O) groups is 1. The van der Waals surface area contributed by atoms with Gasteiger partial charge in [-0.2, -0.15) is 0 Å². The third-order valence-corrected chi connectivity index (χ3v) is 4.01. The molecule has 2 rings (SSSR count). The van der Waals surface area contributed by atoms with Gasteiger partial charge in [-0.3, -0.25) is 0 Å². The lowest BCUT2D eigenvalue weighted by molar-refractivity contribution is 0.153. The summed E-state index contributed by atoms with van der Waals surface area (Å²) >= 11 is 0. The van der Waals surface area contributed by atoms with Crippen LogP contribution in [0.1, 0.15) is 44.1 Å². The standard InChI is InChI=1S/C16H24N2O/c17-16(19)18-13-7-6-12-15(18)11-5-4-10-14-8-2-1-3-9-14/h1-3,8-9,15H,4-7,10-13H2,(H2,17,19). The minimum Gasteiger partial charge on any atom is -0.351 e. The number of amides is 2. The number of likely N-dealkylation sites (tertiary alicyclic amines) is 1. The van der Waals surface area contributed by atoms with Crippen LogP contribution in [0.25, 0.3) is 0 Å². The molecule has 0 saturated carbocycles. The maximum Gasteiger partial charge on any atom is 0.315 e. The van der Waals surface area contributed by atoms with Crippen molar-refractivity contribution in [3.05, 3.63) is 35.9 Å². The first kappa shape index (κ1) is 13.9. The fourth-order valence-electron chi connectivity index (χ4n) is 2.94. The van der Waals surface area contributed by atoms with Gasteiger partial charge in [-0.05, 0) is 44.1 Å². The summed E-state index contributed by atoms with van der Waals surface area (Å²) in [6, 6.07) is 10.7. The Morgan fingerprint density at radius 2 is 2.00 bits per heavy atom. The lowest BCUT2D eigenvalue weighted by atomic mass is 9.96. The van der Waals surface area contributed by atoms with Gasteiger partial charge >= 0.3 is 6.03 Å². The Bertz CT molecular complexity index is 391. The van der Waals surface area contributed by atoms with Crippen LogP contribution in [0.5, 0.6) is 0 Å². The first-order valence-electron chi connectivity index (χ1n) is 7.37. The van der Waals surface area contributed by atoms with E-state index >= 15 is 0 Å². The molecule has 1 heterocycles. The van der Waals surface area contributed by atoms with Crippen LogP contribution in [0.15, 0.2) is 30.3 Å². The molecule has 104 valence electrons. The molecule has 3 nitrogen and oxygen atoms in total. The lowest BCUT2D eigenvalue weighted by Crippen LogP contribution is -2.46. The number of hydrogen-bond acceptors (Lipinski definition) is 1. The van der Waals surface area contributed by atoms with Crippen LogP contribution in [0.2, 0.25) is 0 Å². The first-order chi connectivity index (χ1) is 9.27. The monoisotopic (exact) mass is 260 g/mol. The van der Waals surface area contributed by atoms with E-state index in [0.29, 0.717) is 6.04 Å². The number of piperidine rings is 1. The Kier molecular flexibility index (Phi) is 5.25. The van der Waals surface area contributed by atoms with Crippen molar-refractivity contribution in [3.63, 3.8) is 0 Å². The number of aryl methyl sites for hydroxylation is 1. The number of nitrogens with two attached hydrogens (primary N) is 1. The molecule has 1 fully saturated rings. The van der Waals surface area contributed by atoms with Gasteiger partial charge in [0.25, 0.3) is 0 Å². The third kappa shape index (κ3) is 4.27. The highest BCUT2D eigenvalue weighted by molar-refractivity contribution is 5.72. The molecule has 3 heteroatoms. The van der Waals surface area contributed by atoms with Crippen LogP contribution in [0, 0.1) is 0 Å². The van der Waals surface area contributed by atoms with Crippen LogP contribution in [0.3, 0.4) is 0 Å². The van der Waals surface area contributed by atoms with Gasteiger partial charge in [0.15, 0.2) is 0 Å². The molecule has 1 unspecified atom stereocenters. The van der Waals surface area contributed by atoms with Crippen molar-refractivity contribution in [1.29, 1.82) is 0 Å². The van der Waals surface area contributed by atoms with Crippen molar-refractivity contribution in [2.75, 3.05) is 6.54 Å². The van der Waals surface area contributed by atoms with Gasteiger partial charge in [-0.15, -0.1) is 0 Å². The fourth-order valence-corrected chi connectivity index (χ4v) is 2.94. The Morgan fingerprint density at radius 3 is 2.74 bits per heavy atom. The van der Waals surface area contributed by atoms with Gasteiger partial charge in [-0.1, -0.05) is 36.8 Å². The maximum absolute atomic E-state index is 11.4. The highest BCUT2D eigenvalue weighted by Gasteiger charge is 2.24. The molecule has 1 aliphatic heterocycles. The Balaban J connectivity index is 1.71. The number of hydrogen-bond donors (Lipinski definition) is 1. The fraction of sp³-hybridized carbons (Fsp3) is 0.562. The largest absolute Gasteiger partial charge is 0.351 e. The molecule has 1 aromatic rings. The van der Waals surface area contributed by atoms with E-state index in [0.717, 1.165) is 32.2 Å². The van der Waals surface area contributed by atoms with Gasteiger partial charge in [0, 0.05) is 12.6 Å².